The van der Waals surface area contributed by atoms with Gasteiger partial charge in [0.1, 0.15) is 5.75 Å². The molecule has 0 aromatic heterocycles. The molecule has 0 saturated carbocycles. The Labute approximate surface area is 129 Å². The molecule has 0 radical (unpaired) electrons. The van der Waals surface area contributed by atoms with Gasteiger partial charge in [-0.05, 0) is 26.0 Å². The van der Waals surface area contributed by atoms with Gasteiger partial charge >= 0.3 is 0 Å². The molecular formula is C13H19N3O5S. The van der Waals surface area contributed by atoms with E-state index in [2.05, 4.69) is 5.32 Å². The number of nitrogens with zero attached hydrogens (tertiary/aromatic N) is 2. The first kappa shape index (κ1) is 16.7. The van der Waals surface area contributed by atoms with E-state index in [0.717, 1.165) is 6.07 Å². The van der Waals surface area contributed by atoms with E-state index >= 15 is 0 Å². The van der Waals surface area contributed by atoms with Crippen molar-refractivity contribution in [1.29, 1.82) is 0 Å². The van der Waals surface area contributed by atoms with Crippen LogP contribution in [0, 0.1) is 10.1 Å². The minimum atomic E-state index is -3.95. The Bertz CT molecular complexity index is 676. The molecule has 0 spiro atoms. The molecule has 0 aliphatic carbocycles. The van der Waals surface area contributed by atoms with Gasteiger partial charge in [-0.2, -0.15) is 4.31 Å². The second-order valence-corrected chi connectivity index (χ2v) is 7.05. The van der Waals surface area contributed by atoms with Crippen molar-refractivity contribution in [3.63, 3.8) is 0 Å². The third-order valence-corrected chi connectivity index (χ3v) is 5.96. The number of hydrogen-bond acceptors (Lipinski definition) is 6. The summed E-state index contributed by atoms with van der Waals surface area (Å²) < 4.78 is 31.9. The van der Waals surface area contributed by atoms with Gasteiger partial charge in [-0.15, -0.1) is 0 Å². The largest absolute Gasteiger partial charge is 0.497 e. The third kappa shape index (κ3) is 2.92. The number of nitro groups is 1. The highest BCUT2D eigenvalue weighted by atomic mass is 32.2. The molecule has 122 valence electrons. The van der Waals surface area contributed by atoms with E-state index in [9.17, 15) is 18.5 Å². The molecule has 2 unspecified atom stereocenters. The molecule has 1 aliphatic rings. The fourth-order valence-corrected chi connectivity index (χ4v) is 4.32. The van der Waals surface area contributed by atoms with Crippen molar-refractivity contribution >= 4 is 15.7 Å². The SMILES string of the molecule is COc1ccc(S(=O)(=O)N2CCNC(C)C2C)c([N+](=O)[O-])c1. The lowest BCUT2D eigenvalue weighted by Gasteiger charge is -2.37. The fourth-order valence-electron chi connectivity index (χ4n) is 2.48. The number of methoxy groups -OCH3 is 1. The van der Waals surface area contributed by atoms with Crippen LogP contribution in [0.25, 0.3) is 0 Å². The van der Waals surface area contributed by atoms with Gasteiger partial charge in [-0.3, -0.25) is 10.1 Å². The molecule has 1 aromatic carbocycles. The molecule has 0 bridgehead atoms. The van der Waals surface area contributed by atoms with Crippen molar-refractivity contribution in [2.24, 2.45) is 0 Å². The molecule has 1 N–H and O–H groups in total. The Kier molecular flexibility index (Phi) is 4.69. The summed E-state index contributed by atoms with van der Waals surface area (Å²) in [4.78, 5) is 10.2. The maximum atomic E-state index is 12.8. The zero-order valence-electron chi connectivity index (χ0n) is 12.6. The van der Waals surface area contributed by atoms with Gasteiger partial charge in [0.05, 0.1) is 18.1 Å². The second kappa shape index (κ2) is 6.19. The summed E-state index contributed by atoms with van der Waals surface area (Å²) in [6.07, 6.45) is 0. The smallest absolute Gasteiger partial charge is 0.293 e. The zero-order valence-corrected chi connectivity index (χ0v) is 13.5. The highest BCUT2D eigenvalue weighted by Gasteiger charge is 2.38. The highest BCUT2D eigenvalue weighted by molar-refractivity contribution is 7.89. The van der Waals surface area contributed by atoms with Crippen molar-refractivity contribution in [1.82, 2.24) is 9.62 Å². The molecule has 8 nitrogen and oxygen atoms in total. The molecule has 9 heteroatoms. The molecule has 1 fully saturated rings. The van der Waals surface area contributed by atoms with Crippen LogP contribution in [-0.4, -0.2) is 49.9 Å². The van der Waals surface area contributed by atoms with Crippen LogP contribution in [0.1, 0.15) is 13.8 Å². The van der Waals surface area contributed by atoms with Crippen molar-refractivity contribution in [2.75, 3.05) is 20.2 Å². The van der Waals surface area contributed by atoms with Crippen LogP contribution in [-0.2, 0) is 10.0 Å². The Morgan fingerprint density at radius 1 is 1.41 bits per heavy atom. The van der Waals surface area contributed by atoms with E-state index in [-0.39, 0.29) is 29.3 Å². The van der Waals surface area contributed by atoms with Gasteiger partial charge in [-0.25, -0.2) is 8.42 Å². The number of benzene rings is 1. The van der Waals surface area contributed by atoms with E-state index in [1.54, 1.807) is 6.92 Å². The van der Waals surface area contributed by atoms with Crippen molar-refractivity contribution in [3.8, 4) is 5.75 Å². The summed E-state index contributed by atoms with van der Waals surface area (Å²) in [7, 11) is -2.58. The summed E-state index contributed by atoms with van der Waals surface area (Å²) in [6, 6.07) is 3.45. The summed E-state index contributed by atoms with van der Waals surface area (Å²) in [5.74, 6) is 0.243. The third-order valence-electron chi connectivity index (χ3n) is 3.93. The van der Waals surface area contributed by atoms with E-state index in [0.29, 0.717) is 6.54 Å². The minimum absolute atomic E-state index is 0.0270. The van der Waals surface area contributed by atoms with Gasteiger partial charge in [-0.1, -0.05) is 0 Å². The number of nitrogens with one attached hydrogen (secondary N) is 1. The van der Waals surface area contributed by atoms with E-state index in [4.69, 9.17) is 4.74 Å². The molecule has 1 aliphatic heterocycles. The standard InChI is InChI=1S/C13H19N3O5S/c1-9-10(2)15(7-6-14-9)22(19,20)13-5-4-11(21-3)8-12(13)16(17)18/h4-5,8-10,14H,6-7H2,1-3H3. The topological polar surface area (TPSA) is 102 Å². The predicted molar refractivity (Wildman–Crippen MR) is 80.5 cm³/mol. The van der Waals surface area contributed by atoms with Gasteiger partial charge in [0.15, 0.2) is 4.90 Å². The molecule has 2 atom stereocenters. The van der Waals surface area contributed by atoms with Crippen LogP contribution >= 0.6 is 0 Å². The Balaban J connectivity index is 2.51. The molecule has 2 rings (SSSR count). The fraction of sp³-hybridized carbons (Fsp3) is 0.538. The first-order valence-electron chi connectivity index (χ1n) is 6.86. The van der Waals surface area contributed by atoms with E-state index < -0.39 is 20.6 Å². The Morgan fingerprint density at radius 2 is 2.09 bits per heavy atom. The van der Waals surface area contributed by atoms with Gasteiger partial charge in [0, 0.05) is 25.2 Å². The maximum Gasteiger partial charge on any atom is 0.293 e. The van der Waals surface area contributed by atoms with Crippen molar-refractivity contribution in [3.05, 3.63) is 28.3 Å². The number of sulfonamides is 1. The van der Waals surface area contributed by atoms with Gasteiger partial charge in [0.25, 0.3) is 5.69 Å². The van der Waals surface area contributed by atoms with E-state index in [1.165, 1.54) is 23.5 Å². The average molecular weight is 329 g/mol. The van der Waals surface area contributed by atoms with Gasteiger partial charge in [0.2, 0.25) is 10.0 Å². The molecule has 1 aromatic rings. The Morgan fingerprint density at radius 3 is 2.68 bits per heavy atom. The lowest BCUT2D eigenvalue weighted by Crippen LogP contribution is -2.57. The molecule has 1 saturated heterocycles. The number of nitro benzene ring substituents is 1. The van der Waals surface area contributed by atoms with Crippen LogP contribution in [0.5, 0.6) is 5.75 Å². The maximum absolute atomic E-state index is 12.8. The lowest BCUT2D eigenvalue weighted by atomic mass is 10.1. The van der Waals surface area contributed by atoms with E-state index in [1.807, 2.05) is 6.92 Å². The van der Waals surface area contributed by atoms with Crippen molar-refractivity contribution in [2.45, 2.75) is 30.8 Å². The summed E-state index contributed by atoms with van der Waals surface area (Å²) in [5.41, 5.74) is -0.474. The lowest BCUT2D eigenvalue weighted by molar-refractivity contribution is -0.387. The summed E-state index contributed by atoms with van der Waals surface area (Å²) in [5, 5.41) is 14.4. The number of ether oxygens (including phenoxy) is 1. The molecular weight excluding hydrogens is 310 g/mol. The normalized spacial score (nSPS) is 23.2. The van der Waals surface area contributed by atoms with Crippen LogP contribution in [0.4, 0.5) is 5.69 Å². The Hall–Kier alpha value is -1.71. The van der Waals surface area contributed by atoms with Crippen LogP contribution in [0.15, 0.2) is 23.1 Å². The molecule has 22 heavy (non-hydrogen) atoms. The average Bonchev–Trinajstić information content (AvgIpc) is 2.49. The number of rotatable bonds is 4. The summed E-state index contributed by atoms with van der Waals surface area (Å²) in [6.45, 7) is 4.45. The number of piperazine rings is 1. The second-order valence-electron chi connectivity index (χ2n) is 5.19. The highest BCUT2D eigenvalue weighted by Crippen LogP contribution is 2.32. The van der Waals surface area contributed by atoms with Gasteiger partial charge < -0.3 is 10.1 Å². The zero-order chi connectivity index (χ0) is 16.5. The van der Waals surface area contributed by atoms with Crippen LogP contribution in [0.3, 0.4) is 0 Å². The number of hydrogen-bond donors (Lipinski definition) is 1. The predicted octanol–water partition coefficient (Wildman–Crippen LogP) is 0.974. The minimum Gasteiger partial charge on any atom is -0.497 e. The first-order valence-corrected chi connectivity index (χ1v) is 8.30. The quantitative estimate of drug-likeness (QED) is 0.652. The summed E-state index contributed by atoms with van der Waals surface area (Å²) >= 11 is 0. The molecule has 1 heterocycles. The molecule has 0 amide bonds. The first-order chi connectivity index (χ1) is 10.3. The van der Waals surface area contributed by atoms with Crippen molar-refractivity contribution < 1.29 is 18.1 Å². The monoisotopic (exact) mass is 329 g/mol. The van der Waals surface area contributed by atoms with Crippen LogP contribution < -0.4 is 10.1 Å². The van der Waals surface area contributed by atoms with Crippen LogP contribution in [0.2, 0.25) is 0 Å².